The molecule has 1 aliphatic heterocycles. The van der Waals surface area contributed by atoms with Gasteiger partial charge in [0.2, 0.25) is 10.0 Å². The van der Waals surface area contributed by atoms with Crippen LogP contribution in [-0.2, 0) is 19.9 Å². The largest absolute Gasteiger partial charge is 0.255 e. The van der Waals surface area contributed by atoms with E-state index in [-0.39, 0.29) is 28.9 Å². The van der Waals surface area contributed by atoms with Gasteiger partial charge in [-0.05, 0) is 37.0 Å². The average molecular weight is 354 g/mol. The first-order valence-electron chi connectivity index (χ1n) is 7.32. The van der Waals surface area contributed by atoms with Gasteiger partial charge in [-0.1, -0.05) is 12.1 Å². The maximum absolute atomic E-state index is 12.5. The van der Waals surface area contributed by atoms with E-state index in [4.69, 9.17) is 0 Å². The fourth-order valence-electron chi connectivity index (χ4n) is 2.80. The topological polar surface area (TPSA) is 93.2 Å². The third-order valence-corrected chi connectivity index (χ3v) is 7.28. The van der Waals surface area contributed by atoms with Crippen LogP contribution in [0.15, 0.2) is 35.4 Å². The van der Waals surface area contributed by atoms with E-state index in [1.54, 1.807) is 12.3 Å². The molecular formula is C15H18N2O4S2. The van der Waals surface area contributed by atoms with Crippen LogP contribution in [0.4, 0.5) is 0 Å². The van der Waals surface area contributed by atoms with Gasteiger partial charge in [-0.2, -0.15) is 0 Å². The van der Waals surface area contributed by atoms with Gasteiger partial charge in [-0.15, -0.1) is 0 Å². The fraction of sp³-hybridized carbons (Fsp3) is 0.400. The summed E-state index contributed by atoms with van der Waals surface area (Å²) in [7, 11) is -6.75. The number of nitrogens with one attached hydrogen (secondary N) is 1. The van der Waals surface area contributed by atoms with Gasteiger partial charge >= 0.3 is 0 Å². The number of pyridine rings is 1. The normalized spacial score (nSPS) is 20.8. The summed E-state index contributed by atoms with van der Waals surface area (Å²) >= 11 is 0. The molecule has 0 saturated carbocycles. The summed E-state index contributed by atoms with van der Waals surface area (Å²) in [6, 6.07) is 6.89. The zero-order valence-corrected chi connectivity index (χ0v) is 14.3. The number of hydrogen-bond acceptors (Lipinski definition) is 5. The Kier molecular flexibility index (Phi) is 4.16. The number of sulfone groups is 1. The minimum Gasteiger partial charge on any atom is -0.255 e. The Balaban J connectivity index is 1.86. The number of benzene rings is 1. The molecule has 2 heterocycles. The predicted molar refractivity (Wildman–Crippen MR) is 88.4 cm³/mol. The van der Waals surface area contributed by atoms with Crippen LogP contribution < -0.4 is 4.72 Å². The number of aromatic nitrogens is 1. The second kappa shape index (κ2) is 5.85. The van der Waals surface area contributed by atoms with Crippen molar-refractivity contribution in [3.63, 3.8) is 0 Å². The molecule has 0 spiro atoms. The molecule has 1 atom stereocenters. The van der Waals surface area contributed by atoms with Crippen molar-refractivity contribution in [2.45, 2.75) is 18.2 Å². The van der Waals surface area contributed by atoms with Gasteiger partial charge in [0.05, 0.1) is 17.0 Å². The molecule has 1 N–H and O–H groups in total. The summed E-state index contributed by atoms with van der Waals surface area (Å²) in [5.41, 5.74) is 1.38. The number of nitrogens with zero attached hydrogens (tertiary/aromatic N) is 1. The average Bonchev–Trinajstić information content (AvgIpc) is 2.84. The molecule has 8 heteroatoms. The van der Waals surface area contributed by atoms with Crippen LogP contribution >= 0.6 is 0 Å². The summed E-state index contributed by atoms with van der Waals surface area (Å²) < 4.78 is 50.5. The number of aryl methyl sites for hydroxylation is 1. The number of sulfonamides is 1. The first-order chi connectivity index (χ1) is 10.8. The van der Waals surface area contributed by atoms with Crippen LogP contribution in [0.2, 0.25) is 0 Å². The highest BCUT2D eigenvalue weighted by atomic mass is 32.2. The Hall–Kier alpha value is -1.51. The number of fused-ring (bicyclic) bond motifs is 1. The van der Waals surface area contributed by atoms with Crippen molar-refractivity contribution in [1.29, 1.82) is 0 Å². The van der Waals surface area contributed by atoms with Crippen LogP contribution in [0, 0.1) is 12.8 Å². The van der Waals surface area contributed by atoms with E-state index < -0.39 is 19.9 Å². The lowest BCUT2D eigenvalue weighted by Gasteiger charge is -2.12. The van der Waals surface area contributed by atoms with E-state index in [9.17, 15) is 16.8 Å². The molecule has 1 aromatic carbocycles. The van der Waals surface area contributed by atoms with E-state index in [0.29, 0.717) is 11.9 Å². The summed E-state index contributed by atoms with van der Waals surface area (Å²) in [5.74, 6) is 0.0109. The molecule has 6 nitrogen and oxygen atoms in total. The van der Waals surface area contributed by atoms with Crippen molar-refractivity contribution in [2.75, 3.05) is 18.1 Å². The molecule has 1 fully saturated rings. The molecule has 1 aliphatic rings. The monoisotopic (exact) mass is 354 g/mol. The molecule has 0 amide bonds. The van der Waals surface area contributed by atoms with Crippen molar-refractivity contribution in [1.82, 2.24) is 9.71 Å². The molecule has 23 heavy (non-hydrogen) atoms. The van der Waals surface area contributed by atoms with Gasteiger partial charge in [0.1, 0.15) is 4.90 Å². The highest BCUT2D eigenvalue weighted by Gasteiger charge is 2.29. The van der Waals surface area contributed by atoms with Crippen molar-refractivity contribution < 1.29 is 16.8 Å². The van der Waals surface area contributed by atoms with Crippen molar-refractivity contribution in [3.05, 3.63) is 36.0 Å². The van der Waals surface area contributed by atoms with Gasteiger partial charge in [-0.3, -0.25) is 4.98 Å². The lowest BCUT2D eigenvalue weighted by Crippen LogP contribution is -2.30. The van der Waals surface area contributed by atoms with Gasteiger partial charge in [0.15, 0.2) is 9.84 Å². The van der Waals surface area contributed by atoms with Crippen molar-refractivity contribution in [3.8, 4) is 0 Å². The smallest absolute Gasteiger partial charge is 0.242 e. The molecule has 1 aromatic heterocycles. The lowest BCUT2D eigenvalue weighted by atomic mass is 10.1. The van der Waals surface area contributed by atoms with Gasteiger partial charge in [0.25, 0.3) is 0 Å². The zero-order chi connectivity index (χ0) is 16.7. The molecule has 124 valence electrons. The maximum Gasteiger partial charge on any atom is 0.242 e. The van der Waals surface area contributed by atoms with Crippen molar-refractivity contribution in [2.24, 2.45) is 5.92 Å². The maximum atomic E-state index is 12.5. The third kappa shape index (κ3) is 3.54. The highest BCUT2D eigenvalue weighted by Crippen LogP contribution is 2.23. The van der Waals surface area contributed by atoms with Crippen LogP contribution in [-0.4, -0.2) is 39.9 Å². The third-order valence-electron chi connectivity index (χ3n) is 3.99. The molecule has 3 rings (SSSR count). The van der Waals surface area contributed by atoms with E-state index >= 15 is 0 Å². The molecule has 0 bridgehead atoms. The van der Waals surface area contributed by atoms with Crippen LogP contribution in [0.25, 0.3) is 10.9 Å². The van der Waals surface area contributed by atoms with Crippen molar-refractivity contribution >= 4 is 30.8 Å². The number of hydrogen-bond donors (Lipinski definition) is 1. The summed E-state index contributed by atoms with van der Waals surface area (Å²) in [4.78, 5) is 4.36. The molecule has 0 aliphatic carbocycles. The molecule has 2 aromatic rings. The quantitative estimate of drug-likeness (QED) is 0.892. The molecule has 0 radical (unpaired) electrons. The van der Waals surface area contributed by atoms with E-state index in [1.165, 1.54) is 6.07 Å². The molecule has 0 unspecified atom stereocenters. The first-order valence-corrected chi connectivity index (χ1v) is 10.6. The van der Waals surface area contributed by atoms with Gasteiger partial charge in [0, 0.05) is 18.1 Å². The SMILES string of the molecule is Cc1cnc2c(S(=O)(=O)NC[C@@H]3CCS(=O)(=O)C3)cccc2c1. The minimum atomic E-state index is -3.73. The number of rotatable bonds is 4. The Bertz CT molecular complexity index is 953. The minimum absolute atomic E-state index is 0.0441. The summed E-state index contributed by atoms with van der Waals surface area (Å²) in [6.07, 6.45) is 2.13. The second-order valence-electron chi connectivity index (χ2n) is 5.96. The standard InChI is InChI=1S/C15H18N2O4S2/c1-11-7-13-3-2-4-14(15(13)16-8-11)23(20,21)17-9-12-5-6-22(18,19)10-12/h2-4,7-8,12,17H,5-6,9-10H2,1H3/t12-/m0/s1. The van der Waals surface area contributed by atoms with E-state index in [1.807, 2.05) is 19.1 Å². The van der Waals surface area contributed by atoms with Crippen LogP contribution in [0.1, 0.15) is 12.0 Å². The predicted octanol–water partition coefficient (Wildman–Crippen LogP) is 1.26. The Labute approximate surface area is 135 Å². The van der Waals surface area contributed by atoms with Crippen LogP contribution in [0.3, 0.4) is 0 Å². The lowest BCUT2D eigenvalue weighted by molar-refractivity contribution is 0.543. The van der Waals surface area contributed by atoms with Gasteiger partial charge in [-0.25, -0.2) is 21.6 Å². The highest BCUT2D eigenvalue weighted by molar-refractivity contribution is 7.91. The van der Waals surface area contributed by atoms with E-state index in [0.717, 1.165) is 10.9 Å². The Morgan fingerprint density at radius 1 is 1.35 bits per heavy atom. The Morgan fingerprint density at radius 2 is 2.13 bits per heavy atom. The number of para-hydroxylation sites is 1. The summed E-state index contributed by atoms with van der Waals surface area (Å²) in [5, 5.41) is 0.760. The van der Waals surface area contributed by atoms with Gasteiger partial charge < -0.3 is 0 Å². The summed E-state index contributed by atoms with van der Waals surface area (Å²) in [6.45, 7) is 2.02. The van der Waals surface area contributed by atoms with Crippen LogP contribution in [0.5, 0.6) is 0 Å². The zero-order valence-electron chi connectivity index (χ0n) is 12.7. The Morgan fingerprint density at radius 3 is 2.83 bits per heavy atom. The second-order valence-corrected chi connectivity index (χ2v) is 9.93. The molecular weight excluding hydrogens is 336 g/mol. The fourth-order valence-corrected chi connectivity index (χ4v) is 5.95. The van der Waals surface area contributed by atoms with E-state index in [2.05, 4.69) is 9.71 Å². The molecule has 1 saturated heterocycles. The first kappa shape index (κ1) is 16.4.